The van der Waals surface area contributed by atoms with Gasteiger partial charge in [0.2, 0.25) is 6.08 Å². The quantitative estimate of drug-likeness (QED) is 0.180. The minimum atomic E-state index is -0.549. The maximum absolute atomic E-state index is 13.9. The Kier molecular flexibility index (Phi) is 6.39. The topological polar surface area (TPSA) is 99.1 Å². The lowest BCUT2D eigenvalue weighted by Gasteiger charge is -2.69. The van der Waals surface area contributed by atoms with Crippen LogP contribution in [0.5, 0.6) is 11.5 Å². The largest absolute Gasteiger partial charge is 0.423 e. The molecule has 0 bridgehead atoms. The fraction of sp³-hybridized carbons (Fsp3) is 0.636. The average molecular weight is 548 g/mol. The number of fused-ring (bicyclic) bond motifs is 7. The summed E-state index contributed by atoms with van der Waals surface area (Å²) in [4.78, 5) is 53.5. The summed E-state index contributed by atoms with van der Waals surface area (Å²) in [5, 5.41) is 0. The highest BCUT2D eigenvalue weighted by atomic mass is 16.6. The van der Waals surface area contributed by atoms with Crippen LogP contribution in [0.15, 0.2) is 22.7 Å². The van der Waals surface area contributed by atoms with E-state index in [4.69, 9.17) is 9.47 Å². The molecule has 5 rings (SSSR count). The smallest absolute Gasteiger partial charge is 0.308 e. The normalized spacial score (nSPS) is 38.0. The Morgan fingerprint density at radius 3 is 2.23 bits per heavy atom. The number of ketones is 1. The van der Waals surface area contributed by atoms with Crippen molar-refractivity contribution in [3.05, 3.63) is 34.4 Å². The van der Waals surface area contributed by atoms with Gasteiger partial charge in [-0.25, -0.2) is 4.79 Å². The van der Waals surface area contributed by atoms with Crippen molar-refractivity contribution >= 4 is 23.8 Å². The molecule has 0 unspecified atom stereocenters. The van der Waals surface area contributed by atoms with Crippen LogP contribution in [-0.4, -0.2) is 29.3 Å². The third-order valence-electron chi connectivity index (χ3n) is 11.7. The molecule has 0 amide bonds. The van der Waals surface area contributed by atoms with Gasteiger partial charge >= 0.3 is 11.9 Å². The van der Waals surface area contributed by atoms with Crippen molar-refractivity contribution in [2.75, 3.05) is 0 Å². The van der Waals surface area contributed by atoms with E-state index in [2.05, 4.69) is 39.6 Å². The Morgan fingerprint density at radius 2 is 1.60 bits per heavy atom. The highest BCUT2D eigenvalue weighted by molar-refractivity contribution is 6.10. The summed E-state index contributed by atoms with van der Waals surface area (Å²) in [5.41, 5.74) is 1.91. The minimum absolute atomic E-state index is 0.103. The molecule has 7 heteroatoms. The standard InChI is InChI=1S/C33H41NO6/c1-19-27-22(15-24(39-20(2)36)28(19)40-21(3)37)31(6)12-14-33(8)26-17-30(5,34-18-35)11-9-29(26,4)10-13-32(33,7)25(31)16-23(27)38/h15-16,26H,9-14,17H2,1-8H3/t26-,29-,30-,31+,32-,33+/m1/s1. The summed E-state index contributed by atoms with van der Waals surface area (Å²) in [6.07, 6.45) is 10.2. The van der Waals surface area contributed by atoms with Crippen LogP contribution in [0, 0.1) is 29.1 Å². The number of hydrogen-bond donors (Lipinski definition) is 0. The van der Waals surface area contributed by atoms with Crippen LogP contribution in [0.3, 0.4) is 0 Å². The summed E-state index contributed by atoms with van der Waals surface area (Å²) in [5.74, 6) is -0.566. The van der Waals surface area contributed by atoms with E-state index in [1.54, 1.807) is 13.0 Å². The molecule has 214 valence electrons. The number of aliphatic imine (C=N–C) groups is 1. The number of allylic oxidation sites excluding steroid dienone is 2. The lowest BCUT2D eigenvalue weighted by molar-refractivity contribution is -0.147. The molecular formula is C33H41NO6. The lowest BCUT2D eigenvalue weighted by atomic mass is 9.35. The van der Waals surface area contributed by atoms with Gasteiger partial charge in [0.15, 0.2) is 17.3 Å². The molecular weight excluding hydrogens is 506 g/mol. The SMILES string of the molecule is CC(=O)Oc1cc2c(c(C)c1OC(C)=O)C(=O)C=C1[C@@]2(C)CC[C@@]2(C)[C@@H]3C[C@](C)(N=C=O)CC[C@]3(C)CC[C@]12C. The van der Waals surface area contributed by atoms with Gasteiger partial charge in [-0.05, 0) is 104 Å². The molecule has 3 saturated carbocycles. The predicted octanol–water partition coefficient (Wildman–Crippen LogP) is 6.73. The van der Waals surface area contributed by atoms with Crippen LogP contribution in [0.4, 0.5) is 0 Å². The van der Waals surface area contributed by atoms with Gasteiger partial charge < -0.3 is 9.47 Å². The fourth-order valence-electron chi connectivity index (χ4n) is 9.20. The summed E-state index contributed by atoms with van der Waals surface area (Å²) in [6, 6.07) is 1.75. The fourth-order valence-corrected chi connectivity index (χ4v) is 9.20. The van der Waals surface area contributed by atoms with Gasteiger partial charge in [-0.15, -0.1) is 0 Å². The highest BCUT2D eigenvalue weighted by Crippen LogP contribution is 2.74. The van der Waals surface area contributed by atoms with Crippen LogP contribution in [0.2, 0.25) is 0 Å². The maximum atomic E-state index is 13.9. The average Bonchev–Trinajstić information content (AvgIpc) is 2.85. The number of hydrogen-bond acceptors (Lipinski definition) is 7. The summed E-state index contributed by atoms with van der Waals surface area (Å²) in [6.45, 7) is 15.8. The van der Waals surface area contributed by atoms with E-state index in [0.717, 1.165) is 56.1 Å². The molecule has 0 saturated heterocycles. The summed E-state index contributed by atoms with van der Waals surface area (Å²) < 4.78 is 11.0. The van der Waals surface area contributed by atoms with Crippen LogP contribution in [-0.2, 0) is 19.8 Å². The number of esters is 2. The van der Waals surface area contributed by atoms with Crippen molar-refractivity contribution in [3.8, 4) is 11.5 Å². The van der Waals surface area contributed by atoms with Gasteiger partial charge in [0.1, 0.15) is 0 Å². The van der Waals surface area contributed by atoms with Crippen molar-refractivity contribution in [1.29, 1.82) is 0 Å². The molecule has 3 fully saturated rings. The number of benzene rings is 1. The first-order valence-corrected chi connectivity index (χ1v) is 14.4. The molecule has 0 aliphatic heterocycles. The van der Waals surface area contributed by atoms with Crippen molar-refractivity contribution in [2.45, 2.75) is 111 Å². The molecule has 40 heavy (non-hydrogen) atoms. The number of carbonyl (C=O) groups excluding carboxylic acids is 4. The summed E-state index contributed by atoms with van der Waals surface area (Å²) in [7, 11) is 0. The van der Waals surface area contributed by atoms with E-state index in [9.17, 15) is 19.2 Å². The second kappa shape index (κ2) is 8.97. The van der Waals surface area contributed by atoms with Crippen molar-refractivity contribution in [1.82, 2.24) is 0 Å². The number of ether oxygens (including phenoxy) is 2. The Hall–Kier alpha value is -3.05. The molecule has 4 aliphatic carbocycles. The van der Waals surface area contributed by atoms with Gasteiger partial charge in [-0.3, -0.25) is 14.4 Å². The van der Waals surface area contributed by atoms with E-state index in [1.807, 2.05) is 12.2 Å². The molecule has 0 N–H and O–H groups in total. The van der Waals surface area contributed by atoms with Crippen molar-refractivity contribution < 1.29 is 28.7 Å². The van der Waals surface area contributed by atoms with Crippen LogP contribution >= 0.6 is 0 Å². The van der Waals surface area contributed by atoms with Crippen LogP contribution in [0.1, 0.15) is 115 Å². The summed E-state index contributed by atoms with van der Waals surface area (Å²) >= 11 is 0. The molecule has 1 aromatic rings. The zero-order valence-corrected chi connectivity index (χ0v) is 25.1. The molecule has 4 aliphatic rings. The molecule has 0 aromatic heterocycles. The van der Waals surface area contributed by atoms with Crippen molar-refractivity contribution in [3.63, 3.8) is 0 Å². The van der Waals surface area contributed by atoms with E-state index in [-0.39, 0.29) is 33.5 Å². The third kappa shape index (κ3) is 3.88. The van der Waals surface area contributed by atoms with Gasteiger partial charge in [-0.1, -0.05) is 27.7 Å². The van der Waals surface area contributed by atoms with Gasteiger partial charge in [0.05, 0.1) is 5.54 Å². The van der Waals surface area contributed by atoms with E-state index < -0.39 is 22.9 Å². The van der Waals surface area contributed by atoms with Gasteiger partial charge in [0, 0.05) is 30.4 Å². The Labute approximate surface area is 236 Å². The number of carbonyl (C=O) groups is 3. The van der Waals surface area contributed by atoms with Gasteiger partial charge in [0.25, 0.3) is 0 Å². The second-order valence-electron chi connectivity index (χ2n) is 14.1. The maximum Gasteiger partial charge on any atom is 0.308 e. The number of nitrogens with zero attached hydrogens (tertiary/aromatic N) is 1. The van der Waals surface area contributed by atoms with Crippen LogP contribution in [0.25, 0.3) is 0 Å². The third-order valence-corrected chi connectivity index (χ3v) is 11.7. The molecule has 1 aromatic carbocycles. The lowest BCUT2D eigenvalue weighted by Crippen LogP contribution is -2.62. The predicted molar refractivity (Wildman–Crippen MR) is 150 cm³/mol. The highest BCUT2D eigenvalue weighted by Gasteiger charge is 2.67. The second-order valence-corrected chi connectivity index (χ2v) is 14.1. The first-order valence-electron chi connectivity index (χ1n) is 14.4. The van der Waals surface area contributed by atoms with E-state index >= 15 is 0 Å². The Balaban J connectivity index is 1.67. The number of isocyanates is 1. The van der Waals surface area contributed by atoms with E-state index in [0.29, 0.717) is 17.0 Å². The Morgan fingerprint density at radius 1 is 0.950 bits per heavy atom. The zero-order chi connectivity index (χ0) is 29.5. The molecule has 7 nitrogen and oxygen atoms in total. The number of rotatable bonds is 3. The molecule has 6 atom stereocenters. The van der Waals surface area contributed by atoms with Crippen molar-refractivity contribution in [2.24, 2.45) is 27.2 Å². The van der Waals surface area contributed by atoms with Crippen LogP contribution < -0.4 is 9.47 Å². The molecule has 0 heterocycles. The van der Waals surface area contributed by atoms with Gasteiger partial charge in [-0.2, -0.15) is 4.99 Å². The first-order chi connectivity index (χ1) is 18.5. The zero-order valence-electron chi connectivity index (χ0n) is 25.1. The molecule has 0 radical (unpaired) electrons. The molecule has 0 spiro atoms. The van der Waals surface area contributed by atoms with E-state index in [1.165, 1.54) is 13.8 Å². The minimum Gasteiger partial charge on any atom is -0.423 e. The first kappa shape index (κ1) is 28.5. The monoisotopic (exact) mass is 547 g/mol. The Bertz CT molecular complexity index is 1420.